The minimum Gasteiger partial charge on any atom is -0.748 e. The van der Waals surface area contributed by atoms with Gasteiger partial charge in [0.05, 0.1) is 38.3 Å². The lowest BCUT2D eigenvalue weighted by molar-refractivity contribution is -0.849. The highest BCUT2D eigenvalue weighted by Gasteiger charge is 1.92. The van der Waals surface area contributed by atoms with Crippen molar-refractivity contribution in [3.8, 4) is 0 Å². The number of nitrogens with zero attached hydrogens (tertiary/aromatic N) is 1. The summed E-state index contributed by atoms with van der Waals surface area (Å²) in [6, 6.07) is 0. The van der Waals surface area contributed by atoms with E-state index in [2.05, 4.69) is 28.2 Å². The van der Waals surface area contributed by atoms with Crippen molar-refractivity contribution in [1.82, 2.24) is 0 Å². The van der Waals surface area contributed by atoms with Crippen molar-refractivity contribution in [1.29, 1.82) is 0 Å². The van der Waals surface area contributed by atoms with Gasteiger partial charge in [-0.1, -0.05) is 0 Å². The van der Waals surface area contributed by atoms with Crippen LogP contribution in [0, 0.1) is 0 Å². The molecule has 0 aliphatic carbocycles. The fraction of sp³-hybridized carbons (Fsp3) is 1.00. The third-order valence-corrected chi connectivity index (χ3v) is 1.59. The van der Waals surface area contributed by atoms with E-state index in [0.717, 1.165) is 4.48 Å². The van der Waals surface area contributed by atoms with E-state index in [4.69, 9.17) is 5.11 Å². The Balaban J connectivity index is 0. The van der Waals surface area contributed by atoms with E-state index < -0.39 is 10.1 Å². The molecule has 0 unspecified atom stereocenters. The molecule has 0 bridgehead atoms. The number of hydrogen-bond donors (Lipinski definition) is 1. The molecule has 0 aromatic carbocycles. The molecule has 0 saturated heterocycles. The summed E-state index contributed by atoms with van der Waals surface area (Å²) < 4.78 is 30.6. The number of hydrogen-bond acceptors (Lipinski definition) is 4. The van der Waals surface area contributed by atoms with Gasteiger partial charge in [0, 0.05) is 12.4 Å². The highest BCUT2D eigenvalue weighted by atomic mass is 32.2. The fourth-order valence-corrected chi connectivity index (χ4v) is 0.948. The maximum atomic E-state index is 9.87. The van der Waals surface area contributed by atoms with Crippen molar-refractivity contribution in [2.75, 3.05) is 40.6 Å². The van der Waals surface area contributed by atoms with E-state index in [0.29, 0.717) is 6.42 Å². The zero-order chi connectivity index (χ0) is 11.8. The standard InChI is InChI=1S/C4H12N.C4H10O4S/c1-5(2,3)4;5-3-1-2-4-9(6,7)8/h1-4H3;5H,1-4H2,(H,6,7,8)/q+1;/p-1. The molecule has 0 radical (unpaired) electrons. The molecule has 0 spiro atoms. The van der Waals surface area contributed by atoms with Crippen LogP contribution in [0.3, 0.4) is 0 Å². The summed E-state index contributed by atoms with van der Waals surface area (Å²) in [5.41, 5.74) is 0. The van der Waals surface area contributed by atoms with Crippen LogP contribution < -0.4 is 0 Å². The Morgan fingerprint density at radius 2 is 1.50 bits per heavy atom. The molecule has 5 nitrogen and oxygen atoms in total. The van der Waals surface area contributed by atoms with Gasteiger partial charge >= 0.3 is 0 Å². The van der Waals surface area contributed by atoms with E-state index >= 15 is 0 Å². The van der Waals surface area contributed by atoms with Crippen LogP contribution in [-0.2, 0) is 10.1 Å². The third-order valence-electron chi connectivity index (χ3n) is 0.802. The summed E-state index contributed by atoms with van der Waals surface area (Å²) in [5, 5.41) is 8.17. The second kappa shape index (κ2) is 7.17. The molecule has 0 amide bonds. The van der Waals surface area contributed by atoms with Gasteiger partial charge in [-0.15, -0.1) is 0 Å². The lowest BCUT2D eigenvalue weighted by atomic mass is 10.4. The second-order valence-electron chi connectivity index (χ2n) is 4.38. The first-order chi connectivity index (χ1) is 6.06. The second-order valence-corrected chi connectivity index (χ2v) is 5.90. The van der Waals surface area contributed by atoms with Crippen molar-refractivity contribution < 1.29 is 22.6 Å². The van der Waals surface area contributed by atoms with Crippen LogP contribution in [0.5, 0.6) is 0 Å². The topological polar surface area (TPSA) is 77.4 Å². The quantitative estimate of drug-likeness (QED) is 0.404. The number of quaternary nitrogens is 1. The maximum Gasteiger partial charge on any atom is 0.0945 e. The van der Waals surface area contributed by atoms with E-state index in [1.807, 2.05) is 0 Å². The molecule has 88 valence electrons. The highest BCUT2D eigenvalue weighted by molar-refractivity contribution is 7.85. The van der Waals surface area contributed by atoms with Crippen LogP contribution in [0.15, 0.2) is 0 Å². The van der Waals surface area contributed by atoms with Crippen LogP contribution in [0.25, 0.3) is 0 Å². The van der Waals surface area contributed by atoms with Crippen LogP contribution >= 0.6 is 0 Å². The average Bonchev–Trinajstić information content (AvgIpc) is 1.80. The predicted molar refractivity (Wildman–Crippen MR) is 54.8 cm³/mol. The van der Waals surface area contributed by atoms with Crippen LogP contribution in [0.2, 0.25) is 0 Å². The Morgan fingerprint density at radius 1 is 1.14 bits per heavy atom. The van der Waals surface area contributed by atoms with Gasteiger partial charge in [0.2, 0.25) is 0 Å². The molecule has 0 atom stereocenters. The molecule has 1 N–H and O–H groups in total. The Morgan fingerprint density at radius 3 is 1.71 bits per heavy atom. The molecule has 0 saturated carbocycles. The molecule has 0 aliphatic rings. The van der Waals surface area contributed by atoms with E-state index in [1.165, 1.54) is 0 Å². The van der Waals surface area contributed by atoms with Gasteiger partial charge in [-0.3, -0.25) is 0 Å². The monoisotopic (exact) mass is 227 g/mol. The third kappa shape index (κ3) is 40.8. The summed E-state index contributed by atoms with van der Waals surface area (Å²) in [6.07, 6.45) is 0.629. The summed E-state index contributed by atoms with van der Waals surface area (Å²) in [4.78, 5) is 0. The van der Waals surface area contributed by atoms with Gasteiger partial charge in [-0.05, 0) is 12.8 Å². The Bertz CT molecular complexity index is 212. The van der Waals surface area contributed by atoms with Gasteiger partial charge in [0.15, 0.2) is 0 Å². The molecule has 14 heavy (non-hydrogen) atoms. The maximum absolute atomic E-state index is 9.87. The lowest BCUT2D eigenvalue weighted by Gasteiger charge is -2.14. The zero-order valence-corrected chi connectivity index (χ0v) is 10.2. The minimum absolute atomic E-state index is 0.0600. The zero-order valence-electron chi connectivity index (χ0n) is 9.36. The molecular weight excluding hydrogens is 206 g/mol. The summed E-state index contributed by atoms with van der Waals surface area (Å²) in [7, 11) is 4.44. The first-order valence-electron chi connectivity index (χ1n) is 4.39. The summed E-state index contributed by atoms with van der Waals surface area (Å²) in [5.74, 6) is -0.367. The van der Waals surface area contributed by atoms with Crippen molar-refractivity contribution >= 4 is 10.1 Å². The average molecular weight is 227 g/mol. The Kier molecular flexibility index (Phi) is 8.33. The molecule has 0 aromatic heterocycles. The SMILES string of the molecule is C[N+](C)(C)C.O=S(=O)([O-])CCCCO. The Hall–Kier alpha value is -0.170. The highest BCUT2D eigenvalue weighted by Crippen LogP contribution is 1.91. The first-order valence-corrected chi connectivity index (χ1v) is 5.97. The smallest absolute Gasteiger partial charge is 0.0945 e. The predicted octanol–water partition coefficient (Wildman–Crippen LogP) is -0.373. The normalized spacial score (nSPS) is 11.9. The van der Waals surface area contributed by atoms with Gasteiger partial charge in [0.25, 0.3) is 0 Å². The molecule has 0 rings (SSSR count). The molecule has 0 aliphatic heterocycles. The number of rotatable bonds is 4. The van der Waals surface area contributed by atoms with E-state index in [9.17, 15) is 13.0 Å². The molecule has 0 heterocycles. The minimum atomic E-state index is -4.06. The van der Waals surface area contributed by atoms with Crippen molar-refractivity contribution in [2.45, 2.75) is 12.8 Å². The van der Waals surface area contributed by atoms with Crippen LogP contribution in [0.1, 0.15) is 12.8 Å². The van der Waals surface area contributed by atoms with Gasteiger partial charge < -0.3 is 14.1 Å². The van der Waals surface area contributed by atoms with Gasteiger partial charge in [0.1, 0.15) is 0 Å². The van der Waals surface area contributed by atoms with Crippen molar-refractivity contribution in [2.24, 2.45) is 0 Å². The fourth-order valence-electron chi connectivity index (χ4n) is 0.391. The molecule has 0 fully saturated rings. The number of aliphatic hydroxyl groups excluding tert-OH is 1. The largest absolute Gasteiger partial charge is 0.748 e. The first kappa shape index (κ1) is 16.3. The van der Waals surface area contributed by atoms with Gasteiger partial charge in [-0.2, -0.15) is 0 Å². The summed E-state index contributed by atoms with van der Waals surface area (Å²) >= 11 is 0. The van der Waals surface area contributed by atoms with Crippen LogP contribution in [0.4, 0.5) is 0 Å². The van der Waals surface area contributed by atoms with E-state index in [-0.39, 0.29) is 18.8 Å². The number of aliphatic hydroxyl groups is 1. The molecular formula is C8H21NO4S. The number of unbranched alkanes of at least 4 members (excludes halogenated alkanes) is 1. The van der Waals surface area contributed by atoms with E-state index in [1.54, 1.807) is 0 Å². The molecule has 6 heteroatoms. The van der Waals surface area contributed by atoms with Crippen LogP contribution in [-0.4, -0.2) is 63.1 Å². The van der Waals surface area contributed by atoms with Crippen molar-refractivity contribution in [3.05, 3.63) is 0 Å². The van der Waals surface area contributed by atoms with Gasteiger partial charge in [-0.25, -0.2) is 8.42 Å². The Labute approximate surface area is 86.7 Å². The summed E-state index contributed by atoms with van der Waals surface area (Å²) in [6.45, 7) is -0.0600. The molecule has 0 aromatic rings. The van der Waals surface area contributed by atoms with Crippen molar-refractivity contribution in [3.63, 3.8) is 0 Å². The lowest BCUT2D eigenvalue weighted by Crippen LogP contribution is -2.27.